The van der Waals surface area contributed by atoms with Gasteiger partial charge >= 0.3 is 0 Å². The number of aliphatic hydroxyl groups excluding tert-OH is 1. The number of aliphatic hydroxyl groups is 1. The van der Waals surface area contributed by atoms with Gasteiger partial charge in [0, 0.05) is 29.2 Å². The van der Waals surface area contributed by atoms with E-state index >= 15 is 0 Å². The van der Waals surface area contributed by atoms with Crippen LogP contribution in [0.1, 0.15) is 51.6 Å². The molecule has 1 amide bonds. The van der Waals surface area contributed by atoms with Crippen molar-refractivity contribution >= 4 is 28.7 Å². The van der Waals surface area contributed by atoms with E-state index in [1.165, 1.54) is 11.1 Å². The molecule has 2 heterocycles. The molecule has 5 aromatic carbocycles. The molecular formula is C40H35N3O4S. The van der Waals surface area contributed by atoms with Crippen LogP contribution in [-0.2, 0) is 22.6 Å². The largest absolute Gasteiger partial charge is 0.392 e. The molecule has 2 N–H and O–H groups in total. The molecule has 8 heteroatoms. The fraction of sp³-hybridized carbons (Fsp3) is 0.175. The zero-order valence-corrected chi connectivity index (χ0v) is 27.1. The molecule has 0 aliphatic carbocycles. The lowest BCUT2D eigenvalue weighted by molar-refractivity contribution is -0.245. The normalized spacial score (nSPS) is 17.6. The summed E-state index contributed by atoms with van der Waals surface area (Å²) in [6.07, 6.45) is 1.59. The molecule has 0 radical (unpaired) electrons. The Bertz CT molecular complexity index is 1990. The van der Waals surface area contributed by atoms with Gasteiger partial charge in [0.15, 0.2) is 6.29 Å². The topological polar surface area (TPSA) is 93.6 Å². The number of nitrogens with zero attached hydrogens (tertiary/aromatic N) is 2. The van der Waals surface area contributed by atoms with Crippen LogP contribution in [0.5, 0.6) is 0 Å². The summed E-state index contributed by atoms with van der Waals surface area (Å²) in [6.45, 7) is 0.379. The number of rotatable bonds is 10. The van der Waals surface area contributed by atoms with Gasteiger partial charge in [0.25, 0.3) is 5.91 Å². The van der Waals surface area contributed by atoms with Gasteiger partial charge in [-0.1, -0.05) is 97.1 Å². The highest BCUT2D eigenvalue weighted by Gasteiger charge is 2.32. The Morgan fingerprint density at radius 1 is 0.771 bits per heavy atom. The van der Waals surface area contributed by atoms with Gasteiger partial charge in [-0.05, 0) is 58.1 Å². The molecule has 0 bridgehead atoms. The van der Waals surface area contributed by atoms with E-state index in [0.29, 0.717) is 12.1 Å². The number of aromatic nitrogens is 2. The van der Waals surface area contributed by atoms with E-state index in [4.69, 9.17) is 9.47 Å². The van der Waals surface area contributed by atoms with Crippen molar-refractivity contribution in [2.24, 2.45) is 0 Å². The first-order chi connectivity index (χ1) is 23.6. The van der Waals surface area contributed by atoms with E-state index in [9.17, 15) is 9.90 Å². The molecule has 0 saturated carbocycles. The lowest BCUT2D eigenvalue weighted by atomic mass is 9.99. The molecule has 6 aromatic rings. The van der Waals surface area contributed by atoms with Crippen molar-refractivity contribution in [1.82, 2.24) is 15.3 Å². The number of hydrogen-bond donors (Lipinski definition) is 2. The van der Waals surface area contributed by atoms with Crippen LogP contribution in [-0.4, -0.2) is 32.8 Å². The second-order valence-electron chi connectivity index (χ2n) is 11.7. The Balaban J connectivity index is 1.03. The number of para-hydroxylation sites is 2. The number of hydrogen-bond acceptors (Lipinski definition) is 7. The third-order valence-corrected chi connectivity index (χ3v) is 9.52. The molecule has 1 aromatic heterocycles. The van der Waals surface area contributed by atoms with Gasteiger partial charge in [-0.25, -0.2) is 4.98 Å². The molecule has 1 aliphatic rings. The van der Waals surface area contributed by atoms with E-state index in [0.717, 1.165) is 51.1 Å². The summed E-state index contributed by atoms with van der Waals surface area (Å²) < 4.78 is 13.1. The first kappa shape index (κ1) is 31.7. The maximum atomic E-state index is 12.8. The fourth-order valence-corrected chi connectivity index (χ4v) is 6.70. The van der Waals surface area contributed by atoms with Crippen LogP contribution in [0, 0.1) is 0 Å². The highest BCUT2D eigenvalue weighted by Crippen LogP contribution is 2.40. The van der Waals surface area contributed by atoms with E-state index in [-0.39, 0.29) is 30.4 Å². The minimum absolute atomic E-state index is 0.0105. The van der Waals surface area contributed by atoms with Gasteiger partial charge in [-0.3, -0.25) is 9.78 Å². The van der Waals surface area contributed by atoms with Crippen molar-refractivity contribution in [3.8, 4) is 11.1 Å². The number of fused-ring (bicyclic) bond motifs is 1. The third-order valence-electron chi connectivity index (χ3n) is 8.37. The highest BCUT2D eigenvalue weighted by atomic mass is 32.2. The van der Waals surface area contributed by atoms with Gasteiger partial charge < -0.3 is 19.9 Å². The zero-order valence-electron chi connectivity index (χ0n) is 26.2. The maximum absolute atomic E-state index is 12.8. The number of ether oxygens (including phenoxy) is 2. The van der Waals surface area contributed by atoms with Gasteiger partial charge in [0.05, 0.1) is 36.0 Å². The van der Waals surface area contributed by atoms with Gasteiger partial charge in [-0.2, -0.15) is 0 Å². The standard InChI is InChI=1S/C40H35N3O4S/c44-25-27-13-15-30(16-14-27)38-22-33(26-48-34-9-2-1-3-10-34)46-40(47-38)31-19-17-29(18-20-31)32-8-6-7-28(21-32)23-42-39(45)37-24-41-35-11-4-5-12-36(35)43-37/h1-21,24,33,38,40,44H,22-23,25-26H2,(H,42,45). The fourth-order valence-electron chi connectivity index (χ4n) is 5.76. The molecule has 3 unspecified atom stereocenters. The summed E-state index contributed by atoms with van der Waals surface area (Å²) in [6, 6.07) is 42.2. The molecule has 48 heavy (non-hydrogen) atoms. The molecule has 240 valence electrons. The third kappa shape index (κ3) is 7.64. The predicted octanol–water partition coefficient (Wildman–Crippen LogP) is 8.06. The highest BCUT2D eigenvalue weighted by molar-refractivity contribution is 7.99. The average Bonchev–Trinajstić information content (AvgIpc) is 3.16. The molecule has 0 spiro atoms. The number of thioether (sulfide) groups is 1. The monoisotopic (exact) mass is 653 g/mol. The second kappa shape index (κ2) is 14.9. The zero-order chi connectivity index (χ0) is 32.7. The Morgan fingerprint density at radius 2 is 1.52 bits per heavy atom. The number of amides is 1. The minimum Gasteiger partial charge on any atom is -0.392 e. The van der Waals surface area contributed by atoms with Crippen molar-refractivity contribution in [2.45, 2.75) is 43.0 Å². The quantitative estimate of drug-likeness (QED) is 0.145. The van der Waals surface area contributed by atoms with Crippen LogP contribution in [0.3, 0.4) is 0 Å². The van der Waals surface area contributed by atoms with Gasteiger partial charge in [0.1, 0.15) is 5.69 Å². The summed E-state index contributed by atoms with van der Waals surface area (Å²) in [7, 11) is 0. The Hall–Kier alpha value is -4.86. The molecule has 7 nitrogen and oxygen atoms in total. The molecule has 3 atom stereocenters. The van der Waals surface area contributed by atoms with Crippen LogP contribution in [0.15, 0.2) is 138 Å². The lowest BCUT2D eigenvalue weighted by Crippen LogP contribution is -2.31. The summed E-state index contributed by atoms with van der Waals surface area (Å²) in [5.41, 5.74) is 7.70. The number of benzene rings is 5. The summed E-state index contributed by atoms with van der Waals surface area (Å²) in [4.78, 5) is 22.8. The lowest BCUT2D eigenvalue weighted by Gasteiger charge is -2.36. The summed E-state index contributed by atoms with van der Waals surface area (Å²) >= 11 is 1.79. The molecule has 1 fully saturated rings. The van der Waals surface area contributed by atoms with E-state index in [1.807, 2.05) is 66.7 Å². The average molecular weight is 654 g/mol. The Labute approximate surface area is 284 Å². The van der Waals surface area contributed by atoms with Crippen LogP contribution in [0.4, 0.5) is 0 Å². The van der Waals surface area contributed by atoms with Crippen molar-refractivity contribution in [3.05, 3.63) is 162 Å². The SMILES string of the molecule is O=C(NCc1cccc(-c2ccc(C3OC(CSc4ccccc4)CC(c4ccc(CO)cc4)O3)cc2)c1)c1cnc2ccccc2n1. The summed E-state index contributed by atoms with van der Waals surface area (Å²) in [5.74, 6) is 0.544. The number of carbonyl (C=O) groups excluding carboxylic acids is 1. The Morgan fingerprint density at radius 3 is 2.31 bits per heavy atom. The van der Waals surface area contributed by atoms with Crippen molar-refractivity contribution in [3.63, 3.8) is 0 Å². The van der Waals surface area contributed by atoms with Crippen LogP contribution < -0.4 is 5.32 Å². The molecular weight excluding hydrogens is 619 g/mol. The van der Waals surface area contributed by atoms with Gasteiger partial charge in [0.2, 0.25) is 0 Å². The van der Waals surface area contributed by atoms with Crippen molar-refractivity contribution in [1.29, 1.82) is 0 Å². The van der Waals surface area contributed by atoms with Crippen LogP contribution >= 0.6 is 11.8 Å². The van der Waals surface area contributed by atoms with E-state index < -0.39 is 6.29 Å². The van der Waals surface area contributed by atoms with Crippen LogP contribution in [0.2, 0.25) is 0 Å². The molecule has 1 aliphatic heterocycles. The maximum Gasteiger partial charge on any atom is 0.271 e. The smallest absolute Gasteiger partial charge is 0.271 e. The van der Waals surface area contributed by atoms with Crippen molar-refractivity contribution in [2.75, 3.05) is 5.75 Å². The predicted molar refractivity (Wildman–Crippen MR) is 188 cm³/mol. The first-order valence-corrected chi connectivity index (χ1v) is 17.0. The second-order valence-corrected chi connectivity index (χ2v) is 12.8. The van der Waals surface area contributed by atoms with E-state index in [1.54, 1.807) is 11.8 Å². The molecule has 7 rings (SSSR count). The summed E-state index contributed by atoms with van der Waals surface area (Å²) in [5, 5.41) is 12.5. The van der Waals surface area contributed by atoms with E-state index in [2.05, 4.69) is 75.9 Å². The van der Waals surface area contributed by atoms with Crippen molar-refractivity contribution < 1.29 is 19.4 Å². The van der Waals surface area contributed by atoms with Gasteiger partial charge in [-0.15, -0.1) is 11.8 Å². The molecule has 1 saturated heterocycles. The first-order valence-electron chi connectivity index (χ1n) is 16.0. The van der Waals surface area contributed by atoms with Crippen LogP contribution in [0.25, 0.3) is 22.2 Å². The minimum atomic E-state index is -0.517. The Kier molecular flexibility index (Phi) is 9.86. The number of nitrogens with one attached hydrogen (secondary N) is 1. The number of carbonyl (C=O) groups is 1.